The van der Waals surface area contributed by atoms with Crippen LogP contribution in [0.5, 0.6) is 0 Å². The molecule has 0 saturated heterocycles. The lowest BCUT2D eigenvalue weighted by atomic mass is 10.4. The van der Waals surface area contributed by atoms with Crippen LogP contribution in [-0.2, 0) is 17.0 Å². The third kappa shape index (κ3) is 4.30. The number of carbonyl (C=O) groups is 1. The van der Waals surface area contributed by atoms with E-state index in [1.807, 2.05) is 26.8 Å². The number of nitrogens with zero attached hydrogens (tertiary/aromatic N) is 4. The molecule has 2 aromatic rings. The summed E-state index contributed by atoms with van der Waals surface area (Å²) in [6.07, 6.45) is 2.60. The molecular weight excluding hydrogens is 318 g/mol. The van der Waals surface area contributed by atoms with Crippen molar-refractivity contribution in [1.29, 1.82) is 0 Å². The normalized spacial score (nSPS) is 12.6. The average molecular weight is 339 g/mol. The van der Waals surface area contributed by atoms with Gasteiger partial charge in [0.2, 0.25) is 5.91 Å². The minimum atomic E-state index is -0.163. The number of rotatable bonds is 7. The van der Waals surface area contributed by atoms with Crippen LogP contribution >= 0.6 is 23.1 Å². The SMILES string of the molecule is CCc1nnc(CS[C@@H](C)C(=O)Nc2ccnn2C(C)C)s1. The van der Waals surface area contributed by atoms with Crippen LogP contribution in [0.3, 0.4) is 0 Å². The molecule has 0 aliphatic heterocycles. The van der Waals surface area contributed by atoms with Crippen LogP contribution in [0, 0.1) is 0 Å². The summed E-state index contributed by atoms with van der Waals surface area (Å²) in [6, 6.07) is 2.02. The first-order chi connectivity index (χ1) is 10.5. The summed E-state index contributed by atoms with van der Waals surface area (Å²) in [4.78, 5) is 12.3. The summed E-state index contributed by atoms with van der Waals surface area (Å²) >= 11 is 3.17. The number of carbonyl (C=O) groups excluding carboxylic acids is 1. The molecule has 0 aromatic carbocycles. The van der Waals surface area contributed by atoms with Gasteiger partial charge in [-0.25, -0.2) is 4.68 Å². The number of anilines is 1. The van der Waals surface area contributed by atoms with E-state index in [0.29, 0.717) is 5.75 Å². The van der Waals surface area contributed by atoms with E-state index in [2.05, 4.69) is 27.5 Å². The largest absolute Gasteiger partial charge is 0.310 e. The first kappa shape index (κ1) is 17.0. The van der Waals surface area contributed by atoms with Gasteiger partial charge >= 0.3 is 0 Å². The highest BCUT2D eigenvalue weighted by Gasteiger charge is 2.17. The molecule has 2 rings (SSSR count). The van der Waals surface area contributed by atoms with Gasteiger partial charge in [0.25, 0.3) is 0 Å². The molecule has 0 saturated carbocycles. The molecule has 2 aromatic heterocycles. The summed E-state index contributed by atoms with van der Waals surface area (Å²) in [5.41, 5.74) is 0. The predicted molar refractivity (Wildman–Crippen MR) is 91.3 cm³/mol. The Hall–Kier alpha value is -1.41. The number of aromatic nitrogens is 4. The van der Waals surface area contributed by atoms with Crippen LogP contribution in [0.25, 0.3) is 0 Å². The monoisotopic (exact) mass is 339 g/mol. The molecule has 0 radical (unpaired) electrons. The molecule has 0 bridgehead atoms. The lowest BCUT2D eigenvalue weighted by Crippen LogP contribution is -2.24. The minimum Gasteiger partial charge on any atom is -0.310 e. The van der Waals surface area contributed by atoms with Crippen molar-refractivity contribution >= 4 is 34.8 Å². The summed E-state index contributed by atoms with van der Waals surface area (Å²) < 4.78 is 1.80. The third-order valence-electron chi connectivity index (χ3n) is 3.05. The van der Waals surface area contributed by atoms with Crippen LogP contribution in [0.2, 0.25) is 0 Å². The zero-order valence-corrected chi connectivity index (χ0v) is 14.9. The molecule has 0 spiro atoms. The van der Waals surface area contributed by atoms with Gasteiger partial charge in [-0.3, -0.25) is 4.79 Å². The molecule has 0 unspecified atom stereocenters. The van der Waals surface area contributed by atoms with E-state index in [9.17, 15) is 4.79 Å². The molecule has 0 fully saturated rings. The number of nitrogens with one attached hydrogen (secondary N) is 1. The van der Waals surface area contributed by atoms with Gasteiger partial charge in [-0.05, 0) is 27.2 Å². The van der Waals surface area contributed by atoms with Gasteiger partial charge in [0.05, 0.1) is 11.4 Å². The Morgan fingerprint density at radius 1 is 1.36 bits per heavy atom. The van der Waals surface area contributed by atoms with Gasteiger partial charge < -0.3 is 5.32 Å². The van der Waals surface area contributed by atoms with Gasteiger partial charge in [0.1, 0.15) is 15.8 Å². The Morgan fingerprint density at radius 3 is 2.73 bits per heavy atom. The lowest BCUT2D eigenvalue weighted by molar-refractivity contribution is -0.115. The molecule has 22 heavy (non-hydrogen) atoms. The zero-order chi connectivity index (χ0) is 16.1. The molecule has 2 heterocycles. The zero-order valence-electron chi connectivity index (χ0n) is 13.2. The maximum atomic E-state index is 12.3. The van der Waals surface area contributed by atoms with Crippen molar-refractivity contribution in [2.24, 2.45) is 0 Å². The van der Waals surface area contributed by atoms with Crippen molar-refractivity contribution in [3.63, 3.8) is 0 Å². The Balaban J connectivity index is 1.87. The first-order valence-corrected chi connectivity index (χ1v) is 9.15. The second-order valence-corrected chi connectivity index (χ2v) is 7.62. The topological polar surface area (TPSA) is 72.7 Å². The fourth-order valence-electron chi connectivity index (χ4n) is 1.81. The van der Waals surface area contributed by atoms with Crippen molar-refractivity contribution in [2.75, 3.05) is 5.32 Å². The van der Waals surface area contributed by atoms with Crippen molar-refractivity contribution < 1.29 is 4.79 Å². The average Bonchev–Trinajstić information content (AvgIpc) is 3.13. The van der Waals surface area contributed by atoms with Gasteiger partial charge in [-0.1, -0.05) is 6.92 Å². The fraction of sp³-hybridized carbons (Fsp3) is 0.571. The smallest absolute Gasteiger partial charge is 0.238 e. The lowest BCUT2D eigenvalue weighted by Gasteiger charge is -2.14. The predicted octanol–water partition coefficient (Wildman–Crippen LogP) is 3.14. The molecule has 1 amide bonds. The number of hydrogen-bond acceptors (Lipinski definition) is 6. The molecule has 1 atom stereocenters. The minimum absolute atomic E-state index is 0.0207. The highest BCUT2D eigenvalue weighted by molar-refractivity contribution is 7.99. The first-order valence-electron chi connectivity index (χ1n) is 7.28. The molecule has 1 N–H and O–H groups in total. The van der Waals surface area contributed by atoms with Crippen molar-refractivity contribution in [1.82, 2.24) is 20.0 Å². The van der Waals surface area contributed by atoms with Crippen LogP contribution in [0.15, 0.2) is 12.3 Å². The maximum Gasteiger partial charge on any atom is 0.238 e. The van der Waals surface area contributed by atoms with E-state index in [-0.39, 0.29) is 17.2 Å². The third-order valence-corrected chi connectivity index (χ3v) is 5.45. The second-order valence-electron chi connectivity index (χ2n) is 5.14. The number of thioether (sulfide) groups is 1. The molecular formula is C14H21N5OS2. The Bertz CT molecular complexity index is 622. The number of hydrogen-bond donors (Lipinski definition) is 1. The standard InChI is InChI=1S/C14H21N5OS2/c1-5-12-17-18-13(22-12)8-21-10(4)14(20)16-11-6-7-15-19(11)9(2)3/h6-7,9-10H,5,8H2,1-4H3,(H,16,20)/t10-/m0/s1. The van der Waals surface area contributed by atoms with E-state index >= 15 is 0 Å². The van der Waals surface area contributed by atoms with E-state index in [4.69, 9.17) is 0 Å². The van der Waals surface area contributed by atoms with E-state index in [1.54, 1.807) is 34.0 Å². The van der Waals surface area contributed by atoms with Crippen molar-refractivity contribution in [3.05, 3.63) is 22.3 Å². The quantitative estimate of drug-likeness (QED) is 0.839. The Kier molecular flexibility index (Phi) is 5.96. The molecule has 120 valence electrons. The highest BCUT2D eigenvalue weighted by atomic mass is 32.2. The van der Waals surface area contributed by atoms with Crippen molar-refractivity contribution in [2.45, 2.75) is 51.2 Å². The molecule has 0 aliphatic carbocycles. The molecule has 8 heteroatoms. The number of amides is 1. The van der Waals surface area contributed by atoms with E-state index in [0.717, 1.165) is 22.3 Å². The van der Waals surface area contributed by atoms with Crippen LogP contribution in [-0.4, -0.2) is 31.1 Å². The highest BCUT2D eigenvalue weighted by Crippen LogP contribution is 2.22. The summed E-state index contributed by atoms with van der Waals surface area (Å²) in [7, 11) is 0. The van der Waals surface area contributed by atoms with Gasteiger partial charge in [-0.15, -0.1) is 33.3 Å². The maximum absolute atomic E-state index is 12.3. The molecule has 6 nitrogen and oxygen atoms in total. The summed E-state index contributed by atoms with van der Waals surface area (Å²) in [5, 5.41) is 17.2. The van der Waals surface area contributed by atoms with Crippen LogP contribution in [0.1, 0.15) is 43.8 Å². The fourth-order valence-corrected chi connectivity index (χ4v) is 3.49. The summed E-state index contributed by atoms with van der Waals surface area (Å²) in [5.74, 6) is 1.42. The van der Waals surface area contributed by atoms with E-state index < -0.39 is 0 Å². The second kappa shape index (κ2) is 7.73. The summed E-state index contributed by atoms with van der Waals surface area (Å²) in [6.45, 7) is 8.02. The van der Waals surface area contributed by atoms with Gasteiger partial charge in [0, 0.05) is 17.9 Å². The van der Waals surface area contributed by atoms with Gasteiger partial charge in [-0.2, -0.15) is 5.10 Å². The van der Waals surface area contributed by atoms with Crippen LogP contribution < -0.4 is 5.32 Å². The number of aryl methyl sites for hydroxylation is 1. The van der Waals surface area contributed by atoms with Crippen molar-refractivity contribution in [3.8, 4) is 0 Å². The van der Waals surface area contributed by atoms with E-state index in [1.165, 1.54) is 0 Å². The van der Waals surface area contributed by atoms with Crippen LogP contribution in [0.4, 0.5) is 5.82 Å². The Labute approximate surface area is 138 Å². The van der Waals surface area contributed by atoms with Gasteiger partial charge in [0.15, 0.2) is 0 Å². The molecule has 0 aliphatic rings. The Morgan fingerprint density at radius 2 is 2.09 bits per heavy atom.